The van der Waals surface area contributed by atoms with Crippen LogP contribution in [0.2, 0.25) is 0 Å². The van der Waals surface area contributed by atoms with Gasteiger partial charge in [0.2, 0.25) is 5.91 Å². The van der Waals surface area contributed by atoms with Gasteiger partial charge < -0.3 is 20.1 Å². The van der Waals surface area contributed by atoms with Crippen LogP contribution in [0.15, 0.2) is 36.9 Å². The molecule has 1 saturated carbocycles. The fraction of sp³-hybridized carbons (Fsp3) is 0.500. The second-order valence-electron chi connectivity index (χ2n) is 8.05. The highest BCUT2D eigenvalue weighted by Gasteiger charge is 2.61. The van der Waals surface area contributed by atoms with E-state index in [1.165, 1.54) is 0 Å². The van der Waals surface area contributed by atoms with Gasteiger partial charge in [-0.2, -0.15) is 0 Å². The summed E-state index contributed by atoms with van der Waals surface area (Å²) in [6, 6.07) is 7.40. The SMILES string of the molecule is C=C[C@@H]1C[C@]1(NC(=O)[C@@H]1C[C@@H](OC(=O)N2Cc3ccccc3C2)CN1)C(=O)OCC. The van der Waals surface area contributed by atoms with Gasteiger partial charge in [-0.3, -0.25) is 9.69 Å². The van der Waals surface area contributed by atoms with E-state index in [9.17, 15) is 14.4 Å². The van der Waals surface area contributed by atoms with E-state index >= 15 is 0 Å². The van der Waals surface area contributed by atoms with E-state index in [1.807, 2.05) is 24.3 Å². The van der Waals surface area contributed by atoms with Crippen molar-refractivity contribution in [3.63, 3.8) is 0 Å². The van der Waals surface area contributed by atoms with Gasteiger partial charge in [-0.05, 0) is 24.5 Å². The van der Waals surface area contributed by atoms with Crippen LogP contribution >= 0.6 is 0 Å². The second kappa shape index (κ2) is 8.10. The number of fused-ring (bicyclic) bond motifs is 1. The maximum Gasteiger partial charge on any atom is 0.410 e. The normalized spacial score (nSPS) is 29.1. The Bertz CT molecular complexity index is 847. The monoisotopic (exact) mass is 413 g/mol. The topological polar surface area (TPSA) is 97.0 Å². The fourth-order valence-corrected chi connectivity index (χ4v) is 4.24. The zero-order valence-corrected chi connectivity index (χ0v) is 17.1. The minimum Gasteiger partial charge on any atom is -0.464 e. The highest BCUT2D eigenvalue weighted by molar-refractivity contribution is 5.93. The molecule has 1 aromatic carbocycles. The summed E-state index contributed by atoms with van der Waals surface area (Å²) in [7, 11) is 0. The van der Waals surface area contributed by atoms with Crippen molar-refractivity contribution in [1.29, 1.82) is 0 Å². The number of esters is 1. The van der Waals surface area contributed by atoms with E-state index in [2.05, 4.69) is 17.2 Å². The van der Waals surface area contributed by atoms with Crippen molar-refractivity contribution < 1.29 is 23.9 Å². The molecule has 8 nitrogen and oxygen atoms in total. The Morgan fingerprint density at radius 2 is 2.00 bits per heavy atom. The molecule has 0 bridgehead atoms. The first-order valence-corrected chi connectivity index (χ1v) is 10.3. The molecule has 4 rings (SSSR count). The van der Waals surface area contributed by atoms with Crippen molar-refractivity contribution in [2.24, 2.45) is 5.92 Å². The first kappa shape index (κ1) is 20.4. The number of nitrogens with one attached hydrogen (secondary N) is 2. The van der Waals surface area contributed by atoms with E-state index in [0.29, 0.717) is 32.5 Å². The lowest BCUT2D eigenvalue weighted by atomic mass is 10.1. The summed E-state index contributed by atoms with van der Waals surface area (Å²) in [5.74, 6) is -0.857. The molecule has 4 atom stereocenters. The van der Waals surface area contributed by atoms with Gasteiger partial charge in [-0.25, -0.2) is 9.59 Å². The van der Waals surface area contributed by atoms with Crippen molar-refractivity contribution >= 4 is 18.0 Å². The largest absolute Gasteiger partial charge is 0.464 e. The van der Waals surface area contributed by atoms with Gasteiger partial charge in [-0.15, -0.1) is 6.58 Å². The number of hydrogen-bond acceptors (Lipinski definition) is 6. The highest BCUT2D eigenvalue weighted by atomic mass is 16.6. The lowest BCUT2D eigenvalue weighted by molar-refractivity contribution is -0.149. The fourth-order valence-electron chi connectivity index (χ4n) is 4.24. The highest BCUT2D eigenvalue weighted by Crippen LogP contribution is 2.45. The quantitative estimate of drug-likeness (QED) is 0.542. The van der Waals surface area contributed by atoms with Crippen LogP contribution in [0.1, 0.15) is 30.9 Å². The molecule has 1 saturated heterocycles. The molecule has 2 aliphatic heterocycles. The van der Waals surface area contributed by atoms with E-state index in [0.717, 1.165) is 11.1 Å². The van der Waals surface area contributed by atoms with Crippen molar-refractivity contribution in [3.8, 4) is 0 Å². The Morgan fingerprint density at radius 3 is 2.60 bits per heavy atom. The lowest BCUT2D eigenvalue weighted by Crippen LogP contribution is -2.51. The Morgan fingerprint density at radius 1 is 1.30 bits per heavy atom. The molecule has 2 N–H and O–H groups in total. The van der Waals surface area contributed by atoms with E-state index in [-0.39, 0.29) is 24.5 Å². The molecule has 3 aliphatic rings. The number of amides is 2. The Balaban J connectivity index is 1.29. The van der Waals surface area contributed by atoms with Gasteiger partial charge in [0.1, 0.15) is 11.6 Å². The molecule has 1 aliphatic carbocycles. The van der Waals surface area contributed by atoms with Gasteiger partial charge in [0, 0.05) is 32.0 Å². The molecular weight excluding hydrogens is 386 g/mol. The number of rotatable bonds is 6. The zero-order chi connectivity index (χ0) is 21.3. The predicted octanol–water partition coefficient (Wildman–Crippen LogP) is 1.49. The molecule has 30 heavy (non-hydrogen) atoms. The number of hydrogen-bond donors (Lipinski definition) is 2. The smallest absolute Gasteiger partial charge is 0.410 e. The van der Waals surface area contributed by atoms with Gasteiger partial charge in [0.25, 0.3) is 0 Å². The van der Waals surface area contributed by atoms with Crippen LogP contribution in [-0.4, -0.2) is 53.7 Å². The molecule has 0 spiro atoms. The maximum absolute atomic E-state index is 12.7. The molecule has 8 heteroatoms. The second-order valence-corrected chi connectivity index (χ2v) is 8.05. The van der Waals surface area contributed by atoms with Gasteiger partial charge in [0.05, 0.1) is 12.6 Å². The third-order valence-electron chi connectivity index (χ3n) is 6.06. The van der Waals surface area contributed by atoms with Crippen molar-refractivity contribution in [2.75, 3.05) is 13.2 Å². The molecule has 2 fully saturated rings. The lowest BCUT2D eigenvalue weighted by Gasteiger charge is -2.20. The van der Waals surface area contributed by atoms with Crippen LogP contribution in [0.3, 0.4) is 0 Å². The molecule has 2 heterocycles. The Kier molecular flexibility index (Phi) is 5.51. The van der Waals surface area contributed by atoms with Crippen LogP contribution in [-0.2, 0) is 32.2 Å². The summed E-state index contributed by atoms with van der Waals surface area (Å²) in [6.07, 6.45) is 1.73. The van der Waals surface area contributed by atoms with Crippen LogP contribution in [0.25, 0.3) is 0 Å². The molecule has 0 aromatic heterocycles. The van der Waals surface area contributed by atoms with E-state index < -0.39 is 23.7 Å². The number of carbonyl (C=O) groups is 3. The van der Waals surface area contributed by atoms with Crippen LogP contribution in [0.4, 0.5) is 4.79 Å². The average Bonchev–Trinajstić information content (AvgIpc) is 3.06. The molecule has 2 amide bonds. The molecule has 160 valence electrons. The summed E-state index contributed by atoms with van der Waals surface area (Å²) in [5.41, 5.74) is 1.23. The van der Waals surface area contributed by atoms with Gasteiger partial charge in [-0.1, -0.05) is 30.3 Å². The first-order chi connectivity index (χ1) is 14.5. The molecule has 0 unspecified atom stereocenters. The predicted molar refractivity (Wildman–Crippen MR) is 108 cm³/mol. The summed E-state index contributed by atoms with van der Waals surface area (Å²) in [6.45, 7) is 7.16. The Labute approximate surface area is 175 Å². The van der Waals surface area contributed by atoms with Crippen LogP contribution in [0, 0.1) is 5.92 Å². The molecular formula is C22H27N3O5. The minimum absolute atomic E-state index is 0.132. The minimum atomic E-state index is -1.02. The third kappa shape index (κ3) is 3.79. The van der Waals surface area contributed by atoms with Crippen LogP contribution < -0.4 is 10.6 Å². The number of benzene rings is 1. The molecule has 0 radical (unpaired) electrons. The van der Waals surface area contributed by atoms with Crippen LogP contribution in [0.5, 0.6) is 0 Å². The first-order valence-electron chi connectivity index (χ1n) is 10.3. The van der Waals surface area contributed by atoms with Crippen molar-refractivity contribution in [3.05, 3.63) is 48.0 Å². The number of carbonyl (C=O) groups excluding carboxylic acids is 3. The number of nitrogens with zero attached hydrogens (tertiary/aromatic N) is 1. The van der Waals surface area contributed by atoms with E-state index in [4.69, 9.17) is 9.47 Å². The Hall–Kier alpha value is -2.87. The maximum atomic E-state index is 12.7. The van der Waals surface area contributed by atoms with Gasteiger partial charge in [0.15, 0.2) is 0 Å². The standard InChI is InChI=1S/C22H27N3O5/c1-3-16-10-22(16,20(27)29-4-2)24-19(26)18-9-17(11-23-18)30-21(28)25-12-14-7-5-6-8-15(14)13-25/h3,5-8,16-18,23H,1,4,9-13H2,2H3,(H,24,26)/t16-,17-,18+,22-/m1/s1. The summed E-state index contributed by atoms with van der Waals surface area (Å²) < 4.78 is 10.7. The van der Waals surface area contributed by atoms with Crippen molar-refractivity contribution in [1.82, 2.24) is 15.5 Å². The average molecular weight is 413 g/mol. The summed E-state index contributed by atoms with van der Waals surface area (Å²) >= 11 is 0. The summed E-state index contributed by atoms with van der Waals surface area (Å²) in [4.78, 5) is 39.2. The van der Waals surface area contributed by atoms with Crippen molar-refractivity contribution in [2.45, 2.75) is 50.5 Å². The van der Waals surface area contributed by atoms with E-state index in [1.54, 1.807) is 17.9 Å². The van der Waals surface area contributed by atoms with Gasteiger partial charge >= 0.3 is 12.1 Å². The summed E-state index contributed by atoms with van der Waals surface area (Å²) in [5, 5.41) is 5.93. The zero-order valence-electron chi connectivity index (χ0n) is 17.1. The third-order valence-corrected chi connectivity index (χ3v) is 6.06. The number of ether oxygens (including phenoxy) is 2. The molecule has 1 aromatic rings.